The standard InChI is InChI=1S/C32H38N4O4/c1-3-5-7-15-29(37)33-25-11-9-13-27(21-25)35-31(39)23-17-19-24(20-18-23)32(40)36-28-14-10-12-26(22-28)34-30(38)16-8-6-4-2/h9-14,17-22H,3-8,15-16H2,1-2H3,(H,33,37)(H,34,38)(H,35,39)(H,36,40). The zero-order valence-electron chi connectivity index (χ0n) is 23.2. The van der Waals surface area contributed by atoms with Gasteiger partial charge < -0.3 is 21.3 Å². The molecular weight excluding hydrogens is 504 g/mol. The maximum atomic E-state index is 12.8. The van der Waals surface area contributed by atoms with E-state index >= 15 is 0 Å². The first-order chi connectivity index (χ1) is 19.4. The third-order valence-electron chi connectivity index (χ3n) is 6.23. The van der Waals surface area contributed by atoms with E-state index in [1.165, 1.54) is 0 Å². The molecule has 4 N–H and O–H groups in total. The van der Waals surface area contributed by atoms with E-state index < -0.39 is 0 Å². The molecule has 0 fully saturated rings. The van der Waals surface area contributed by atoms with Gasteiger partial charge in [-0.05, 0) is 73.5 Å². The zero-order chi connectivity index (χ0) is 28.7. The van der Waals surface area contributed by atoms with Crippen LogP contribution in [0.3, 0.4) is 0 Å². The molecule has 0 bridgehead atoms. The molecule has 0 spiro atoms. The van der Waals surface area contributed by atoms with E-state index in [0.29, 0.717) is 46.7 Å². The lowest BCUT2D eigenvalue weighted by Crippen LogP contribution is -2.15. The Kier molecular flexibility index (Phi) is 11.9. The van der Waals surface area contributed by atoms with Gasteiger partial charge in [0.15, 0.2) is 0 Å². The van der Waals surface area contributed by atoms with Crippen LogP contribution in [-0.4, -0.2) is 23.6 Å². The second-order valence-corrected chi connectivity index (χ2v) is 9.66. The van der Waals surface area contributed by atoms with Crippen LogP contribution in [0.25, 0.3) is 0 Å². The summed E-state index contributed by atoms with van der Waals surface area (Å²) < 4.78 is 0. The van der Waals surface area contributed by atoms with E-state index in [-0.39, 0.29) is 23.6 Å². The predicted octanol–water partition coefficient (Wildman–Crippen LogP) is 7.23. The van der Waals surface area contributed by atoms with Gasteiger partial charge in [-0.15, -0.1) is 0 Å². The summed E-state index contributed by atoms with van der Waals surface area (Å²) in [6.07, 6.45) is 6.74. The van der Waals surface area contributed by atoms with Crippen molar-refractivity contribution in [2.45, 2.75) is 65.2 Å². The van der Waals surface area contributed by atoms with E-state index in [9.17, 15) is 19.2 Å². The fourth-order valence-electron chi connectivity index (χ4n) is 4.05. The Morgan fingerprint density at radius 2 is 0.850 bits per heavy atom. The lowest BCUT2D eigenvalue weighted by atomic mass is 10.1. The summed E-state index contributed by atoms with van der Waals surface area (Å²) in [6, 6.07) is 20.3. The third kappa shape index (κ3) is 10.0. The molecule has 210 valence electrons. The van der Waals surface area contributed by atoms with Crippen molar-refractivity contribution in [3.63, 3.8) is 0 Å². The number of carbonyl (C=O) groups is 4. The van der Waals surface area contributed by atoms with Crippen LogP contribution in [0.4, 0.5) is 22.7 Å². The number of amides is 4. The second-order valence-electron chi connectivity index (χ2n) is 9.66. The highest BCUT2D eigenvalue weighted by Gasteiger charge is 2.11. The van der Waals surface area contributed by atoms with Gasteiger partial charge in [0.25, 0.3) is 11.8 Å². The van der Waals surface area contributed by atoms with Crippen molar-refractivity contribution >= 4 is 46.4 Å². The number of hydrogen-bond acceptors (Lipinski definition) is 4. The zero-order valence-corrected chi connectivity index (χ0v) is 23.2. The molecule has 0 aliphatic carbocycles. The number of hydrogen-bond donors (Lipinski definition) is 4. The van der Waals surface area contributed by atoms with E-state index in [0.717, 1.165) is 38.5 Å². The molecule has 0 atom stereocenters. The van der Waals surface area contributed by atoms with Crippen molar-refractivity contribution in [1.29, 1.82) is 0 Å². The van der Waals surface area contributed by atoms with Crippen LogP contribution >= 0.6 is 0 Å². The molecule has 0 aliphatic rings. The molecule has 4 amide bonds. The fourth-order valence-corrected chi connectivity index (χ4v) is 4.05. The topological polar surface area (TPSA) is 116 Å². The molecule has 3 aromatic carbocycles. The molecule has 3 aromatic rings. The first-order valence-electron chi connectivity index (χ1n) is 13.9. The van der Waals surface area contributed by atoms with E-state index in [1.54, 1.807) is 72.8 Å². The Morgan fingerprint density at radius 1 is 0.500 bits per heavy atom. The summed E-state index contributed by atoms with van der Waals surface area (Å²) in [5.41, 5.74) is 3.11. The SMILES string of the molecule is CCCCCC(=O)Nc1cccc(NC(=O)c2ccc(C(=O)Nc3cccc(NC(=O)CCCCC)c3)cc2)c1. The van der Waals surface area contributed by atoms with E-state index in [2.05, 4.69) is 35.1 Å². The van der Waals surface area contributed by atoms with Gasteiger partial charge in [-0.25, -0.2) is 0 Å². The molecule has 0 heterocycles. The summed E-state index contributed by atoms with van der Waals surface area (Å²) in [5.74, 6) is -0.768. The first kappa shape index (κ1) is 30.1. The highest BCUT2D eigenvalue weighted by atomic mass is 16.2. The monoisotopic (exact) mass is 542 g/mol. The molecule has 0 saturated carbocycles. The smallest absolute Gasteiger partial charge is 0.255 e. The number of nitrogens with one attached hydrogen (secondary N) is 4. The van der Waals surface area contributed by atoms with Crippen LogP contribution in [0.5, 0.6) is 0 Å². The lowest BCUT2D eigenvalue weighted by Gasteiger charge is -2.10. The van der Waals surface area contributed by atoms with Gasteiger partial charge in [-0.1, -0.05) is 51.7 Å². The van der Waals surface area contributed by atoms with Crippen LogP contribution < -0.4 is 21.3 Å². The molecule has 8 heteroatoms. The quantitative estimate of drug-likeness (QED) is 0.161. The molecule has 3 rings (SSSR count). The lowest BCUT2D eigenvalue weighted by molar-refractivity contribution is -0.117. The minimum atomic E-state index is -0.333. The fraction of sp³-hybridized carbons (Fsp3) is 0.312. The van der Waals surface area contributed by atoms with Crippen molar-refractivity contribution in [1.82, 2.24) is 0 Å². The van der Waals surface area contributed by atoms with Gasteiger partial charge in [0.1, 0.15) is 0 Å². The Bertz CT molecular complexity index is 1200. The average molecular weight is 543 g/mol. The molecular formula is C32H38N4O4. The summed E-state index contributed by atoms with van der Waals surface area (Å²) in [5, 5.41) is 11.4. The highest BCUT2D eigenvalue weighted by molar-refractivity contribution is 6.07. The van der Waals surface area contributed by atoms with Gasteiger partial charge in [0.05, 0.1) is 0 Å². The minimum Gasteiger partial charge on any atom is -0.326 e. The molecule has 8 nitrogen and oxygen atoms in total. The Morgan fingerprint density at radius 3 is 1.20 bits per heavy atom. The Labute approximate surface area is 236 Å². The summed E-state index contributed by atoms with van der Waals surface area (Å²) in [7, 11) is 0. The minimum absolute atomic E-state index is 0.0512. The van der Waals surface area contributed by atoms with E-state index in [4.69, 9.17) is 0 Å². The van der Waals surface area contributed by atoms with Crippen molar-refractivity contribution in [2.75, 3.05) is 21.3 Å². The maximum Gasteiger partial charge on any atom is 0.255 e. The average Bonchev–Trinajstić information content (AvgIpc) is 2.94. The van der Waals surface area contributed by atoms with Gasteiger partial charge in [-0.3, -0.25) is 19.2 Å². The molecule has 40 heavy (non-hydrogen) atoms. The number of anilines is 4. The van der Waals surface area contributed by atoms with Crippen molar-refractivity contribution in [2.24, 2.45) is 0 Å². The van der Waals surface area contributed by atoms with Crippen molar-refractivity contribution in [3.05, 3.63) is 83.9 Å². The van der Waals surface area contributed by atoms with Gasteiger partial charge in [0.2, 0.25) is 11.8 Å². The first-order valence-corrected chi connectivity index (χ1v) is 13.9. The number of unbranched alkanes of at least 4 members (excludes halogenated alkanes) is 4. The number of carbonyl (C=O) groups excluding carboxylic acids is 4. The van der Waals surface area contributed by atoms with E-state index in [1.807, 2.05) is 0 Å². The Balaban J connectivity index is 1.54. The molecule has 0 radical (unpaired) electrons. The van der Waals surface area contributed by atoms with Crippen LogP contribution in [-0.2, 0) is 9.59 Å². The Hall–Kier alpha value is -4.46. The van der Waals surface area contributed by atoms with Crippen LogP contribution in [0.2, 0.25) is 0 Å². The third-order valence-corrected chi connectivity index (χ3v) is 6.23. The molecule has 0 unspecified atom stereocenters. The summed E-state index contributed by atoms with van der Waals surface area (Å²) in [6.45, 7) is 4.18. The van der Waals surface area contributed by atoms with Gasteiger partial charge in [-0.2, -0.15) is 0 Å². The molecule has 0 aliphatic heterocycles. The van der Waals surface area contributed by atoms with Gasteiger partial charge in [0, 0.05) is 46.7 Å². The second kappa shape index (κ2) is 15.8. The van der Waals surface area contributed by atoms with Crippen LogP contribution in [0, 0.1) is 0 Å². The number of rotatable bonds is 14. The normalized spacial score (nSPS) is 10.4. The molecule has 0 saturated heterocycles. The molecule has 0 aromatic heterocycles. The number of benzene rings is 3. The van der Waals surface area contributed by atoms with Crippen molar-refractivity contribution in [3.8, 4) is 0 Å². The predicted molar refractivity (Wildman–Crippen MR) is 161 cm³/mol. The summed E-state index contributed by atoms with van der Waals surface area (Å²) >= 11 is 0. The van der Waals surface area contributed by atoms with Crippen LogP contribution in [0.1, 0.15) is 85.9 Å². The largest absolute Gasteiger partial charge is 0.326 e. The van der Waals surface area contributed by atoms with Crippen molar-refractivity contribution < 1.29 is 19.2 Å². The maximum absolute atomic E-state index is 12.8. The van der Waals surface area contributed by atoms with Crippen LogP contribution in [0.15, 0.2) is 72.8 Å². The van der Waals surface area contributed by atoms with Gasteiger partial charge >= 0.3 is 0 Å². The summed E-state index contributed by atoms with van der Waals surface area (Å²) in [4.78, 5) is 49.7. The highest BCUT2D eigenvalue weighted by Crippen LogP contribution is 2.19.